The molecular formula is C6H9NO2S. The Morgan fingerprint density at radius 1 is 1.60 bits per heavy atom. The highest BCUT2D eigenvalue weighted by atomic mass is 32.2. The molecule has 4 heteroatoms. The van der Waals surface area contributed by atoms with Crippen LogP contribution in [0, 0.1) is 5.92 Å². The lowest BCUT2D eigenvalue weighted by molar-refractivity contribution is -0.114. The van der Waals surface area contributed by atoms with Gasteiger partial charge in [-0.1, -0.05) is 13.8 Å². The summed E-state index contributed by atoms with van der Waals surface area (Å²) in [7, 11) is -1.26. The summed E-state index contributed by atoms with van der Waals surface area (Å²) in [6, 6.07) is 0. The van der Waals surface area contributed by atoms with E-state index in [9.17, 15) is 9.00 Å². The zero-order valence-corrected chi connectivity index (χ0v) is 6.70. The Morgan fingerprint density at radius 2 is 2.20 bits per heavy atom. The van der Waals surface area contributed by atoms with Crippen molar-refractivity contribution in [1.29, 1.82) is 0 Å². The van der Waals surface area contributed by atoms with E-state index in [4.69, 9.17) is 0 Å². The summed E-state index contributed by atoms with van der Waals surface area (Å²) in [6.45, 7) is 3.81. The molecule has 0 radical (unpaired) electrons. The lowest BCUT2D eigenvalue weighted by Gasteiger charge is -2.01. The second kappa shape index (κ2) is 2.54. The molecule has 0 aromatic carbocycles. The van der Waals surface area contributed by atoms with Gasteiger partial charge in [-0.3, -0.25) is 9.52 Å². The summed E-state index contributed by atoms with van der Waals surface area (Å²) < 4.78 is 13.2. The van der Waals surface area contributed by atoms with Crippen molar-refractivity contribution in [3.8, 4) is 0 Å². The van der Waals surface area contributed by atoms with E-state index in [-0.39, 0.29) is 11.8 Å². The van der Waals surface area contributed by atoms with E-state index in [2.05, 4.69) is 4.72 Å². The fraction of sp³-hybridized carbons (Fsp3) is 0.500. The average molecular weight is 159 g/mol. The summed E-state index contributed by atoms with van der Waals surface area (Å²) in [5.74, 6) is -0.0678. The molecule has 1 atom stereocenters. The minimum Gasteiger partial charge on any atom is -0.269 e. The van der Waals surface area contributed by atoms with Crippen LogP contribution in [0.25, 0.3) is 0 Å². The number of hydrogen-bond acceptors (Lipinski definition) is 2. The Kier molecular flexibility index (Phi) is 1.89. The smallest absolute Gasteiger partial charge is 0.256 e. The van der Waals surface area contributed by atoms with Gasteiger partial charge in [0.1, 0.15) is 11.0 Å². The summed E-state index contributed by atoms with van der Waals surface area (Å²) in [4.78, 5) is 11.3. The Morgan fingerprint density at radius 3 is 2.40 bits per heavy atom. The predicted octanol–water partition coefficient (Wildman–Crippen LogP) is 0.320. The van der Waals surface area contributed by atoms with Crippen molar-refractivity contribution < 1.29 is 9.00 Å². The summed E-state index contributed by atoms with van der Waals surface area (Å²) >= 11 is 0. The molecule has 3 nitrogen and oxygen atoms in total. The number of nitrogens with one attached hydrogen (secondary N) is 1. The van der Waals surface area contributed by atoms with Crippen molar-refractivity contribution in [1.82, 2.24) is 4.72 Å². The molecule has 56 valence electrons. The van der Waals surface area contributed by atoms with Crippen molar-refractivity contribution in [2.45, 2.75) is 13.8 Å². The predicted molar refractivity (Wildman–Crippen MR) is 39.2 cm³/mol. The molecule has 1 aliphatic rings. The van der Waals surface area contributed by atoms with Crippen LogP contribution in [-0.4, -0.2) is 10.1 Å². The zero-order chi connectivity index (χ0) is 7.72. The first-order chi connectivity index (χ1) is 4.61. The van der Waals surface area contributed by atoms with Gasteiger partial charge < -0.3 is 0 Å². The molecule has 1 N–H and O–H groups in total. The number of hydrogen-bond donors (Lipinski definition) is 1. The van der Waals surface area contributed by atoms with Gasteiger partial charge in [0.2, 0.25) is 0 Å². The highest BCUT2D eigenvalue weighted by molar-refractivity contribution is 7.88. The summed E-state index contributed by atoms with van der Waals surface area (Å²) in [5, 5.41) is 0. The van der Waals surface area contributed by atoms with Crippen LogP contribution in [0.5, 0.6) is 0 Å². The van der Waals surface area contributed by atoms with Crippen molar-refractivity contribution in [2.24, 2.45) is 5.92 Å². The molecule has 0 saturated heterocycles. The molecule has 0 saturated carbocycles. The number of amides is 1. The van der Waals surface area contributed by atoms with Crippen LogP contribution in [-0.2, 0) is 15.8 Å². The molecule has 1 heterocycles. The highest BCUT2D eigenvalue weighted by Gasteiger charge is 2.21. The van der Waals surface area contributed by atoms with Crippen molar-refractivity contribution in [2.75, 3.05) is 0 Å². The van der Waals surface area contributed by atoms with Gasteiger partial charge in [0.15, 0.2) is 0 Å². The van der Waals surface area contributed by atoms with Gasteiger partial charge in [-0.05, 0) is 5.92 Å². The van der Waals surface area contributed by atoms with Crippen LogP contribution in [0.15, 0.2) is 11.0 Å². The van der Waals surface area contributed by atoms with Crippen LogP contribution < -0.4 is 4.72 Å². The van der Waals surface area contributed by atoms with Crippen LogP contribution in [0.3, 0.4) is 0 Å². The lowest BCUT2D eigenvalue weighted by Crippen LogP contribution is -2.17. The largest absolute Gasteiger partial charge is 0.269 e. The first kappa shape index (κ1) is 7.47. The molecule has 0 aliphatic carbocycles. The van der Waals surface area contributed by atoms with Gasteiger partial charge in [-0.2, -0.15) is 0 Å². The molecular weight excluding hydrogens is 150 g/mol. The third-order valence-corrected chi connectivity index (χ3v) is 2.65. The van der Waals surface area contributed by atoms with Crippen molar-refractivity contribution in [3.63, 3.8) is 0 Å². The maximum absolute atomic E-state index is 10.9. The molecule has 1 unspecified atom stereocenters. The maximum Gasteiger partial charge on any atom is 0.256 e. The third-order valence-electron chi connectivity index (χ3n) is 1.25. The van der Waals surface area contributed by atoms with E-state index < -0.39 is 11.0 Å². The Labute approximate surface area is 62.1 Å². The normalized spacial score (nSPS) is 24.9. The summed E-state index contributed by atoms with van der Waals surface area (Å²) in [6.07, 6.45) is 1.40. The first-order valence-electron chi connectivity index (χ1n) is 3.05. The highest BCUT2D eigenvalue weighted by Crippen LogP contribution is 2.16. The molecule has 1 rings (SSSR count). The van der Waals surface area contributed by atoms with E-state index in [1.807, 2.05) is 13.8 Å². The fourth-order valence-corrected chi connectivity index (χ4v) is 1.74. The molecule has 0 fully saturated rings. The number of allylic oxidation sites excluding steroid dienone is 1. The van der Waals surface area contributed by atoms with Gasteiger partial charge in [-0.25, -0.2) is 4.21 Å². The average Bonchev–Trinajstić information content (AvgIpc) is 2.10. The second-order valence-electron chi connectivity index (χ2n) is 2.44. The fourth-order valence-electron chi connectivity index (χ4n) is 0.743. The van der Waals surface area contributed by atoms with E-state index in [0.717, 1.165) is 0 Å². The van der Waals surface area contributed by atoms with Gasteiger partial charge >= 0.3 is 0 Å². The number of carbonyl (C=O) groups is 1. The van der Waals surface area contributed by atoms with E-state index >= 15 is 0 Å². The van der Waals surface area contributed by atoms with Gasteiger partial charge in [0.05, 0.1) is 0 Å². The Hall–Kier alpha value is -0.640. The topological polar surface area (TPSA) is 46.2 Å². The standard InChI is InChI=1S/C6H9NO2S/c1-4(2)5-3-6(8)7-10(5)9/h3-4H,1-2H3,(H,7,8). The van der Waals surface area contributed by atoms with Crippen LogP contribution in [0.4, 0.5) is 0 Å². The third kappa shape index (κ3) is 1.26. The van der Waals surface area contributed by atoms with Crippen molar-refractivity contribution in [3.05, 3.63) is 11.0 Å². The summed E-state index contributed by atoms with van der Waals surface area (Å²) in [5.41, 5.74) is 0. The number of rotatable bonds is 1. The molecule has 1 aliphatic heterocycles. The van der Waals surface area contributed by atoms with E-state index in [1.165, 1.54) is 6.08 Å². The molecule has 0 aromatic rings. The second-order valence-corrected chi connectivity index (χ2v) is 3.65. The molecule has 0 spiro atoms. The SMILES string of the molecule is CC(C)C1=CC(=O)NS1=O. The minimum absolute atomic E-state index is 0.180. The lowest BCUT2D eigenvalue weighted by atomic mass is 10.2. The minimum atomic E-state index is -1.26. The van der Waals surface area contributed by atoms with Gasteiger partial charge in [-0.15, -0.1) is 0 Å². The number of carbonyl (C=O) groups excluding carboxylic acids is 1. The van der Waals surface area contributed by atoms with Crippen LogP contribution >= 0.6 is 0 Å². The van der Waals surface area contributed by atoms with Crippen LogP contribution in [0.1, 0.15) is 13.8 Å². The van der Waals surface area contributed by atoms with Gasteiger partial charge in [0, 0.05) is 11.0 Å². The molecule has 10 heavy (non-hydrogen) atoms. The maximum atomic E-state index is 10.9. The monoisotopic (exact) mass is 159 g/mol. The van der Waals surface area contributed by atoms with E-state index in [1.54, 1.807) is 0 Å². The van der Waals surface area contributed by atoms with Crippen LogP contribution in [0.2, 0.25) is 0 Å². The Balaban J connectivity index is 2.85. The van der Waals surface area contributed by atoms with Gasteiger partial charge in [0.25, 0.3) is 5.91 Å². The Bertz CT molecular complexity index is 220. The van der Waals surface area contributed by atoms with E-state index in [0.29, 0.717) is 4.91 Å². The quantitative estimate of drug-likeness (QED) is 0.599. The molecule has 1 amide bonds. The molecule has 0 aromatic heterocycles. The first-order valence-corrected chi connectivity index (χ1v) is 4.20. The zero-order valence-electron chi connectivity index (χ0n) is 5.88. The molecule has 0 bridgehead atoms. The van der Waals surface area contributed by atoms with Crippen molar-refractivity contribution >= 4 is 16.9 Å².